The molecule has 0 aromatic carbocycles. The Morgan fingerprint density at radius 1 is 1.00 bits per heavy atom. The van der Waals surface area contributed by atoms with E-state index < -0.39 is 0 Å². The molecule has 2 fully saturated rings. The largest absolute Gasteiger partial charge is 0.298 e. The van der Waals surface area contributed by atoms with Gasteiger partial charge in [-0.1, -0.05) is 24.3 Å². The number of fused-ring (bicyclic) bond motifs is 6. The second-order valence-electron chi connectivity index (χ2n) is 4.56. The van der Waals surface area contributed by atoms with Gasteiger partial charge in [0, 0.05) is 11.8 Å². The molecular weight excluding hydrogens is 160 g/mol. The van der Waals surface area contributed by atoms with Crippen LogP contribution in [0.3, 0.4) is 0 Å². The first kappa shape index (κ1) is 7.54. The van der Waals surface area contributed by atoms with Gasteiger partial charge in [0.05, 0.1) is 0 Å². The number of ketones is 1. The van der Waals surface area contributed by atoms with Crippen LogP contribution in [0.15, 0.2) is 24.3 Å². The van der Waals surface area contributed by atoms with Crippen molar-refractivity contribution in [2.45, 2.75) is 19.3 Å². The van der Waals surface area contributed by atoms with E-state index in [2.05, 4.69) is 24.3 Å². The number of carbonyl (C=O) groups excluding carboxylic acids is 1. The summed E-state index contributed by atoms with van der Waals surface area (Å²) in [6, 6.07) is 0. The number of carbonyl (C=O) groups is 1. The van der Waals surface area contributed by atoms with Crippen LogP contribution in [0, 0.1) is 23.7 Å². The van der Waals surface area contributed by atoms with Crippen molar-refractivity contribution in [1.82, 2.24) is 0 Å². The van der Waals surface area contributed by atoms with E-state index in [0.29, 0.717) is 17.6 Å². The summed E-state index contributed by atoms with van der Waals surface area (Å²) in [7, 11) is 0. The van der Waals surface area contributed by atoms with Gasteiger partial charge in [-0.15, -0.1) is 0 Å². The zero-order valence-electron chi connectivity index (χ0n) is 7.65. The molecule has 4 atom stereocenters. The van der Waals surface area contributed by atoms with Crippen molar-refractivity contribution in [1.29, 1.82) is 0 Å². The first-order valence-corrected chi connectivity index (χ1v) is 5.25. The Morgan fingerprint density at radius 3 is 2.08 bits per heavy atom. The van der Waals surface area contributed by atoms with Crippen molar-refractivity contribution in [3.63, 3.8) is 0 Å². The van der Waals surface area contributed by atoms with Crippen molar-refractivity contribution in [2.24, 2.45) is 23.7 Å². The topological polar surface area (TPSA) is 17.1 Å². The predicted octanol–water partition coefficient (Wildman–Crippen LogP) is 2.34. The fraction of sp³-hybridized carbons (Fsp3) is 0.583. The van der Waals surface area contributed by atoms with Gasteiger partial charge in [-0.3, -0.25) is 4.79 Å². The molecule has 0 aromatic rings. The normalized spacial score (nSPS) is 46.6. The van der Waals surface area contributed by atoms with E-state index in [4.69, 9.17) is 0 Å². The number of Topliss-reactive ketones (excluding diaryl/α,β-unsaturated/α-hetero) is 1. The van der Waals surface area contributed by atoms with E-state index in [1.54, 1.807) is 0 Å². The summed E-state index contributed by atoms with van der Waals surface area (Å²) in [6.07, 6.45) is 12.2. The highest BCUT2D eigenvalue weighted by Crippen LogP contribution is 2.48. The number of hydrogen-bond acceptors (Lipinski definition) is 1. The first-order chi connectivity index (χ1) is 6.36. The van der Waals surface area contributed by atoms with Crippen LogP contribution < -0.4 is 0 Å². The number of rotatable bonds is 0. The molecule has 1 heteroatoms. The van der Waals surface area contributed by atoms with Crippen LogP contribution in [0.1, 0.15) is 19.3 Å². The summed E-state index contributed by atoms with van der Waals surface area (Å²) < 4.78 is 0. The lowest BCUT2D eigenvalue weighted by atomic mass is 9.73. The van der Waals surface area contributed by atoms with E-state index in [-0.39, 0.29) is 11.8 Å². The molecule has 0 heterocycles. The summed E-state index contributed by atoms with van der Waals surface area (Å²) in [4.78, 5) is 12.0. The van der Waals surface area contributed by atoms with Gasteiger partial charge in [-0.05, 0) is 31.1 Å². The maximum atomic E-state index is 12.0. The van der Waals surface area contributed by atoms with Gasteiger partial charge in [0.15, 0.2) is 0 Å². The standard InChI is InChI=1S/C12H14O/c13-12-10-3-1-2-4-11(12)9-6-5-8(10)7-9/h1-4,8-11H,5-7H2/t8-,9+,10+,11-. The molecule has 2 saturated carbocycles. The first-order valence-electron chi connectivity index (χ1n) is 5.25. The Labute approximate surface area is 78.5 Å². The van der Waals surface area contributed by atoms with E-state index in [0.717, 1.165) is 0 Å². The molecule has 0 aromatic heterocycles. The van der Waals surface area contributed by atoms with E-state index in [1.807, 2.05) is 0 Å². The van der Waals surface area contributed by atoms with E-state index >= 15 is 0 Å². The molecule has 68 valence electrons. The number of allylic oxidation sites excluding steroid dienone is 4. The van der Waals surface area contributed by atoms with Crippen LogP contribution >= 0.6 is 0 Å². The van der Waals surface area contributed by atoms with Crippen LogP contribution in [-0.4, -0.2) is 5.78 Å². The Balaban J connectivity index is 2.06. The third-order valence-electron chi connectivity index (χ3n) is 3.93. The van der Waals surface area contributed by atoms with Gasteiger partial charge in [0.2, 0.25) is 0 Å². The smallest absolute Gasteiger partial charge is 0.147 e. The highest BCUT2D eigenvalue weighted by molar-refractivity contribution is 5.88. The Kier molecular flexibility index (Phi) is 1.49. The van der Waals surface area contributed by atoms with E-state index in [9.17, 15) is 4.79 Å². The van der Waals surface area contributed by atoms with Gasteiger partial charge in [0.25, 0.3) is 0 Å². The lowest BCUT2D eigenvalue weighted by Gasteiger charge is -2.29. The van der Waals surface area contributed by atoms with Crippen LogP contribution in [0.2, 0.25) is 0 Å². The summed E-state index contributed by atoms with van der Waals surface area (Å²) in [6.45, 7) is 0. The molecule has 0 aliphatic heterocycles. The van der Waals surface area contributed by atoms with Gasteiger partial charge in [-0.2, -0.15) is 0 Å². The Hall–Kier alpha value is -0.850. The zero-order valence-corrected chi connectivity index (χ0v) is 7.65. The maximum absolute atomic E-state index is 12.0. The molecule has 0 spiro atoms. The highest BCUT2D eigenvalue weighted by atomic mass is 16.1. The monoisotopic (exact) mass is 174 g/mol. The SMILES string of the molecule is O=C1[C@H]2C=CC=C[C@@H]1[C@H]1CC[C@@H]2C1. The minimum Gasteiger partial charge on any atom is -0.298 e. The molecule has 0 radical (unpaired) electrons. The van der Waals surface area contributed by atoms with Crippen molar-refractivity contribution < 1.29 is 4.79 Å². The average Bonchev–Trinajstić information content (AvgIpc) is 2.51. The van der Waals surface area contributed by atoms with Crippen molar-refractivity contribution >= 4 is 5.78 Å². The third kappa shape index (κ3) is 0.962. The summed E-state index contributed by atoms with van der Waals surface area (Å²) in [5.41, 5.74) is 0. The van der Waals surface area contributed by atoms with Gasteiger partial charge in [-0.25, -0.2) is 0 Å². The second kappa shape index (κ2) is 2.57. The quantitative estimate of drug-likeness (QED) is 0.551. The lowest BCUT2D eigenvalue weighted by Crippen LogP contribution is -2.33. The number of hydrogen-bond donors (Lipinski definition) is 0. The van der Waals surface area contributed by atoms with Crippen LogP contribution in [0.4, 0.5) is 0 Å². The van der Waals surface area contributed by atoms with Crippen molar-refractivity contribution in [2.75, 3.05) is 0 Å². The fourth-order valence-electron chi connectivity index (χ4n) is 3.26. The van der Waals surface area contributed by atoms with Crippen LogP contribution in [0.25, 0.3) is 0 Å². The van der Waals surface area contributed by atoms with Gasteiger partial charge >= 0.3 is 0 Å². The van der Waals surface area contributed by atoms with Crippen molar-refractivity contribution in [3.8, 4) is 0 Å². The van der Waals surface area contributed by atoms with E-state index in [1.165, 1.54) is 19.3 Å². The third-order valence-corrected chi connectivity index (χ3v) is 3.93. The minimum atomic E-state index is 0.249. The molecule has 0 amide bonds. The van der Waals surface area contributed by atoms with Gasteiger partial charge < -0.3 is 0 Å². The average molecular weight is 174 g/mol. The molecule has 0 saturated heterocycles. The molecule has 0 N–H and O–H groups in total. The molecule has 1 nitrogen and oxygen atoms in total. The molecular formula is C12H14O. The lowest BCUT2D eigenvalue weighted by molar-refractivity contribution is -0.128. The second-order valence-corrected chi connectivity index (χ2v) is 4.56. The molecule has 4 bridgehead atoms. The maximum Gasteiger partial charge on any atom is 0.147 e. The minimum absolute atomic E-state index is 0.249. The zero-order chi connectivity index (χ0) is 8.84. The Bertz CT molecular complexity index is 272. The predicted molar refractivity (Wildman–Crippen MR) is 51.1 cm³/mol. The molecule has 0 unspecified atom stereocenters. The highest BCUT2D eigenvalue weighted by Gasteiger charge is 2.45. The summed E-state index contributed by atoms with van der Waals surface area (Å²) in [5.74, 6) is 2.33. The molecule has 3 aliphatic rings. The van der Waals surface area contributed by atoms with Crippen LogP contribution in [0.5, 0.6) is 0 Å². The fourth-order valence-corrected chi connectivity index (χ4v) is 3.26. The van der Waals surface area contributed by atoms with Crippen LogP contribution in [-0.2, 0) is 4.79 Å². The Morgan fingerprint density at radius 2 is 1.54 bits per heavy atom. The van der Waals surface area contributed by atoms with Crippen molar-refractivity contribution in [3.05, 3.63) is 24.3 Å². The molecule has 3 aliphatic carbocycles. The van der Waals surface area contributed by atoms with Gasteiger partial charge in [0.1, 0.15) is 5.78 Å². The summed E-state index contributed by atoms with van der Waals surface area (Å²) in [5, 5.41) is 0. The molecule has 3 rings (SSSR count). The molecule has 13 heavy (non-hydrogen) atoms. The summed E-state index contributed by atoms with van der Waals surface area (Å²) >= 11 is 0.